The lowest BCUT2D eigenvalue weighted by molar-refractivity contribution is -0.218. The number of nitrogens with zero attached hydrogens (tertiary/aromatic N) is 2. The molecular weight excluding hydrogens is 732 g/mol. The number of anilines is 1. The number of carbonyl (C=O) groups excluding carboxylic acids is 4. The van der Waals surface area contributed by atoms with Crippen molar-refractivity contribution in [3.8, 4) is 22.5 Å². The van der Waals surface area contributed by atoms with E-state index in [2.05, 4.69) is 26.0 Å². The molecule has 1 fully saturated rings. The molecular formula is C40H46F4N8O4. The summed E-state index contributed by atoms with van der Waals surface area (Å²) in [6.07, 6.45) is 3.13. The molecule has 7 N–H and O–H groups in total. The highest BCUT2D eigenvalue weighted by atomic mass is 19.3. The molecule has 5 rings (SSSR count). The van der Waals surface area contributed by atoms with Gasteiger partial charge < -0.3 is 27.0 Å². The zero-order chi connectivity index (χ0) is 40.8. The maximum absolute atomic E-state index is 14.5. The van der Waals surface area contributed by atoms with Crippen molar-refractivity contribution < 1.29 is 36.7 Å². The van der Waals surface area contributed by atoms with Crippen LogP contribution in [-0.2, 0) is 26.7 Å². The minimum atomic E-state index is -5.09. The summed E-state index contributed by atoms with van der Waals surface area (Å²) in [5.74, 6) is -14.9. The molecule has 1 heterocycles. The van der Waals surface area contributed by atoms with Crippen LogP contribution in [0.25, 0.3) is 22.5 Å². The minimum absolute atomic E-state index is 0.00740. The largest absolute Gasteiger partial charge is 0.393 e. The summed E-state index contributed by atoms with van der Waals surface area (Å²) in [6.45, 7) is 6.28. The molecule has 0 aliphatic heterocycles. The molecule has 0 saturated heterocycles. The minimum Gasteiger partial charge on any atom is -0.354 e. The molecule has 56 heavy (non-hydrogen) atoms. The Morgan fingerprint density at radius 2 is 1.54 bits per heavy atom. The molecule has 3 aromatic carbocycles. The van der Waals surface area contributed by atoms with Gasteiger partial charge in [0.2, 0.25) is 17.6 Å². The van der Waals surface area contributed by atoms with Crippen LogP contribution in [0.4, 0.5) is 23.2 Å². The third-order valence-electron chi connectivity index (χ3n) is 9.90. The van der Waals surface area contributed by atoms with Gasteiger partial charge in [0.05, 0.1) is 0 Å². The van der Waals surface area contributed by atoms with Crippen molar-refractivity contribution in [2.45, 2.75) is 76.8 Å². The first kappa shape index (κ1) is 41.5. The third kappa shape index (κ3) is 9.41. The van der Waals surface area contributed by atoms with Gasteiger partial charge >= 0.3 is 11.8 Å². The Kier molecular flexibility index (Phi) is 12.9. The SMILES string of the molecule is CNC(=O)C(F)(F)C(F)(F)c1nc(-c2ccc(NC(=O)[C@H](Cc3ccc(-c4ccc(C(=O)NC(C)C)cc4C)cc3)NC(=O)C3CCC(CN)CC3)cc2)n[nH]1. The molecule has 0 unspecified atom stereocenters. The number of halogens is 4. The summed E-state index contributed by atoms with van der Waals surface area (Å²) in [7, 11) is 0.806. The van der Waals surface area contributed by atoms with Gasteiger partial charge in [-0.15, -0.1) is 0 Å². The average Bonchev–Trinajstić information content (AvgIpc) is 3.69. The van der Waals surface area contributed by atoms with E-state index in [0.717, 1.165) is 42.1 Å². The summed E-state index contributed by atoms with van der Waals surface area (Å²) in [6, 6.07) is 17.8. The number of aromatic amines is 1. The van der Waals surface area contributed by atoms with E-state index in [-0.39, 0.29) is 41.6 Å². The number of nitrogens with two attached hydrogens (primary N) is 1. The number of alkyl halides is 4. The van der Waals surface area contributed by atoms with E-state index in [9.17, 15) is 36.7 Å². The van der Waals surface area contributed by atoms with E-state index >= 15 is 0 Å². The Labute approximate surface area is 321 Å². The van der Waals surface area contributed by atoms with Gasteiger partial charge in [0.1, 0.15) is 6.04 Å². The summed E-state index contributed by atoms with van der Waals surface area (Å²) >= 11 is 0. The van der Waals surface area contributed by atoms with Crippen LogP contribution >= 0.6 is 0 Å². The molecule has 1 atom stereocenters. The zero-order valence-corrected chi connectivity index (χ0v) is 31.5. The smallest absolute Gasteiger partial charge is 0.354 e. The monoisotopic (exact) mass is 778 g/mol. The Hall–Kier alpha value is -5.64. The summed E-state index contributed by atoms with van der Waals surface area (Å²) < 4.78 is 57.3. The van der Waals surface area contributed by atoms with E-state index in [0.29, 0.717) is 36.6 Å². The van der Waals surface area contributed by atoms with Crippen molar-refractivity contribution in [2.24, 2.45) is 17.6 Å². The van der Waals surface area contributed by atoms with E-state index in [1.807, 2.05) is 57.2 Å². The van der Waals surface area contributed by atoms with Crippen LogP contribution < -0.4 is 27.0 Å². The lowest BCUT2D eigenvalue weighted by atomic mass is 9.81. The number of amides is 4. The van der Waals surface area contributed by atoms with E-state index in [1.165, 1.54) is 29.6 Å². The number of hydrogen-bond acceptors (Lipinski definition) is 7. The molecule has 4 amide bonds. The van der Waals surface area contributed by atoms with Crippen LogP contribution in [0.15, 0.2) is 66.7 Å². The quantitative estimate of drug-likeness (QED) is 0.0915. The first-order valence-electron chi connectivity index (χ1n) is 18.4. The van der Waals surface area contributed by atoms with Crippen molar-refractivity contribution in [2.75, 3.05) is 18.9 Å². The Bertz CT molecular complexity index is 2030. The maximum Gasteiger partial charge on any atom is 0.393 e. The Balaban J connectivity index is 1.31. The fourth-order valence-electron chi connectivity index (χ4n) is 6.60. The van der Waals surface area contributed by atoms with Crippen LogP contribution in [0.5, 0.6) is 0 Å². The number of benzene rings is 3. The Morgan fingerprint density at radius 1 is 0.893 bits per heavy atom. The van der Waals surface area contributed by atoms with Crippen molar-refractivity contribution >= 4 is 29.3 Å². The molecule has 4 aromatic rings. The third-order valence-corrected chi connectivity index (χ3v) is 9.90. The zero-order valence-electron chi connectivity index (χ0n) is 31.5. The second kappa shape index (κ2) is 17.4. The van der Waals surface area contributed by atoms with Crippen molar-refractivity contribution in [3.63, 3.8) is 0 Å². The summed E-state index contributed by atoms with van der Waals surface area (Å²) in [5.41, 5.74) is 10.4. The highest BCUT2D eigenvalue weighted by molar-refractivity contribution is 5.98. The first-order chi connectivity index (χ1) is 26.5. The average molecular weight is 779 g/mol. The summed E-state index contributed by atoms with van der Waals surface area (Å²) in [4.78, 5) is 54.7. The molecule has 298 valence electrons. The summed E-state index contributed by atoms with van der Waals surface area (Å²) in [5, 5.41) is 15.5. The predicted octanol–water partition coefficient (Wildman–Crippen LogP) is 5.49. The normalized spacial score (nSPS) is 16.5. The van der Waals surface area contributed by atoms with Crippen molar-refractivity contribution in [1.29, 1.82) is 0 Å². The number of nitrogens with one attached hydrogen (secondary N) is 5. The fraction of sp³-hybridized carbons (Fsp3) is 0.400. The number of H-pyrrole nitrogens is 1. The topological polar surface area (TPSA) is 184 Å². The fourth-order valence-corrected chi connectivity index (χ4v) is 6.60. The van der Waals surface area contributed by atoms with Crippen molar-refractivity contribution in [1.82, 2.24) is 31.1 Å². The molecule has 1 aliphatic carbocycles. The highest BCUT2D eigenvalue weighted by Crippen LogP contribution is 2.42. The number of aryl methyl sites for hydroxylation is 1. The maximum atomic E-state index is 14.5. The number of rotatable bonds is 14. The molecule has 16 heteroatoms. The number of carbonyl (C=O) groups is 4. The van der Waals surface area contributed by atoms with Crippen LogP contribution in [0.3, 0.4) is 0 Å². The molecule has 0 spiro atoms. The van der Waals surface area contributed by atoms with E-state index in [4.69, 9.17) is 5.73 Å². The lowest BCUT2D eigenvalue weighted by Crippen LogP contribution is -2.50. The molecule has 0 bridgehead atoms. The van der Waals surface area contributed by atoms with Crippen LogP contribution in [0.2, 0.25) is 0 Å². The highest BCUT2D eigenvalue weighted by Gasteiger charge is 2.65. The standard InChI is InChI=1S/C40H46F4N8O4/c1-22(2)47-35(54)29-15-18-31(23(3)19-29)26-9-5-24(6-10-26)20-32(49-34(53)28-11-7-25(21-45)8-12-28)36(55)48-30-16-13-27(14-17-30)33-50-37(52-51-33)39(41,42)40(43,44)38(56)46-4/h5-6,9-10,13-19,22,25,28,32H,7-8,11-12,20-21,45H2,1-4H3,(H,46,56)(H,47,54)(H,48,55)(H,49,53)(H,50,51,52)/t25?,28?,32-/m0/s1. The van der Waals surface area contributed by atoms with Crippen molar-refractivity contribution in [3.05, 3.63) is 89.2 Å². The second-order valence-corrected chi connectivity index (χ2v) is 14.4. The molecule has 1 saturated carbocycles. The first-order valence-corrected chi connectivity index (χ1v) is 18.4. The molecule has 1 aliphatic rings. The van der Waals surface area contributed by atoms with Gasteiger partial charge in [-0.25, -0.2) is 4.98 Å². The van der Waals surface area contributed by atoms with Gasteiger partial charge in [0.25, 0.3) is 11.8 Å². The van der Waals surface area contributed by atoms with E-state index < -0.39 is 35.5 Å². The van der Waals surface area contributed by atoms with Gasteiger partial charge in [-0.1, -0.05) is 30.3 Å². The molecule has 1 aromatic heterocycles. The second-order valence-electron chi connectivity index (χ2n) is 14.4. The van der Waals surface area contributed by atoms with Gasteiger partial charge in [-0.2, -0.15) is 22.7 Å². The van der Waals surface area contributed by atoms with Gasteiger partial charge in [0.15, 0.2) is 5.82 Å². The van der Waals surface area contributed by atoms with Gasteiger partial charge in [-0.05, 0) is 118 Å². The van der Waals surface area contributed by atoms with Gasteiger partial charge in [-0.3, -0.25) is 24.3 Å². The van der Waals surface area contributed by atoms with Gasteiger partial charge in [0, 0.05) is 42.2 Å². The predicted molar refractivity (Wildman–Crippen MR) is 203 cm³/mol. The van der Waals surface area contributed by atoms with Crippen LogP contribution in [0, 0.1) is 18.8 Å². The van der Waals surface area contributed by atoms with Crippen LogP contribution in [0.1, 0.15) is 66.8 Å². The number of aromatic nitrogens is 3. The lowest BCUT2D eigenvalue weighted by Gasteiger charge is -2.28. The van der Waals surface area contributed by atoms with E-state index in [1.54, 1.807) is 11.2 Å². The molecule has 0 radical (unpaired) electrons. The van der Waals surface area contributed by atoms with Crippen LogP contribution in [-0.4, -0.2) is 70.4 Å². The Morgan fingerprint density at radius 3 is 2.12 bits per heavy atom. The molecule has 12 nitrogen and oxygen atoms in total. The number of hydrogen-bond donors (Lipinski definition) is 6.